The van der Waals surface area contributed by atoms with E-state index >= 15 is 0 Å². The zero-order valence-electron chi connectivity index (χ0n) is 18.6. The first-order chi connectivity index (χ1) is 15.4. The molecule has 3 unspecified atom stereocenters. The van der Waals surface area contributed by atoms with Gasteiger partial charge in [0.05, 0.1) is 22.7 Å². The molecule has 2 bridgehead atoms. The van der Waals surface area contributed by atoms with Gasteiger partial charge in [-0.05, 0) is 39.7 Å². The average molecular weight is 434 g/mol. The van der Waals surface area contributed by atoms with Gasteiger partial charge in [0, 0.05) is 42.4 Å². The SMILES string of the molecule is CCn1nc(C(C)C(=O)N2C3CCC2Cc2c(nc(C)[nH]c2=O)C3)c2ccccc2c1=O. The second-order valence-corrected chi connectivity index (χ2v) is 8.89. The second kappa shape index (κ2) is 7.69. The van der Waals surface area contributed by atoms with Crippen molar-refractivity contribution in [1.29, 1.82) is 0 Å². The smallest absolute Gasteiger partial charge is 0.274 e. The van der Waals surface area contributed by atoms with Crippen LogP contribution in [0, 0.1) is 6.92 Å². The van der Waals surface area contributed by atoms with Gasteiger partial charge in [0.15, 0.2) is 0 Å². The molecule has 2 aromatic heterocycles. The Hall–Kier alpha value is -3.29. The number of hydrogen-bond donors (Lipinski definition) is 1. The van der Waals surface area contributed by atoms with Gasteiger partial charge in [-0.3, -0.25) is 14.4 Å². The molecule has 0 saturated carbocycles. The highest BCUT2D eigenvalue weighted by molar-refractivity contribution is 5.91. The number of hydrogen-bond acceptors (Lipinski definition) is 5. The Balaban J connectivity index is 1.54. The Morgan fingerprint density at radius 3 is 2.56 bits per heavy atom. The van der Waals surface area contributed by atoms with Crippen molar-refractivity contribution >= 4 is 16.7 Å². The first kappa shape index (κ1) is 20.6. The predicted octanol–water partition coefficient (Wildman–Crippen LogP) is 2.07. The maximum atomic E-state index is 13.8. The van der Waals surface area contributed by atoms with Crippen molar-refractivity contribution in [3.63, 3.8) is 0 Å². The number of H-pyrrole nitrogens is 1. The van der Waals surface area contributed by atoms with Crippen LogP contribution in [0.15, 0.2) is 33.9 Å². The lowest BCUT2D eigenvalue weighted by molar-refractivity contribution is -0.135. The number of fused-ring (bicyclic) bond motifs is 4. The highest BCUT2D eigenvalue weighted by Crippen LogP contribution is 2.35. The Bertz CT molecular complexity index is 1340. The van der Waals surface area contributed by atoms with Crippen LogP contribution in [-0.4, -0.2) is 42.6 Å². The molecule has 8 nitrogen and oxygen atoms in total. The van der Waals surface area contributed by atoms with E-state index in [0.717, 1.165) is 23.9 Å². The summed E-state index contributed by atoms with van der Waals surface area (Å²) in [5, 5.41) is 5.89. The van der Waals surface area contributed by atoms with Crippen LogP contribution in [-0.2, 0) is 24.2 Å². The monoisotopic (exact) mass is 433 g/mol. The molecule has 1 saturated heterocycles. The third kappa shape index (κ3) is 3.16. The lowest BCUT2D eigenvalue weighted by Crippen LogP contribution is -2.44. The van der Waals surface area contributed by atoms with Crippen molar-refractivity contribution < 1.29 is 4.79 Å². The standard InChI is InChI=1S/C24H27N5O3/c1-4-28-24(32)18-8-6-5-7-17(18)21(27-28)13(2)23(31)29-15-9-10-16(29)12-20-19(11-15)22(30)26-14(3)25-20/h5-8,13,15-16H,4,9-12H2,1-3H3,(H,25,26,30). The number of aryl methyl sites for hydroxylation is 2. The third-order valence-corrected chi connectivity index (χ3v) is 6.94. The summed E-state index contributed by atoms with van der Waals surface area (Å²) in [6, 6.07) is 7.35. The van der Waals surface area contributed by atoms with Gasteiger partial charge < -0.3 is 9.88 Å². The van der Waals surface area contributed by atoms with Gasteiger partial charge in [-0.25, -0.2) is 9.67 Å². The molecule has 4 heterocycles. The summed E-state index contributed by atoms with van der Waals surface area (Å²) >= 11 is 0. The lowest BCUT2D eigenvalue weighted by Gasteiger charge is -2.31. The van der Waals surface area contributed by atoms with Crippen LogP contribution in [0.5, 0.6) is 0 Å². The zero-order valence-corrected chi connectivity index (χ0v) is 18.6. The quantitative estimate of drug-likeness (QED) is 0.681. The van der Waals surface area contributed by atoms with Crippen molar-refractivity contribution in [1.82, 2.24) is 24.6 Å². The largest absolute Gasteiger partial charge is 0.335 e. The van der Waals surface area contributed by atoms with Crippen LogP contribution in [0.2, 0.25) is 0 Å². The molecule has 0 radical (unpaired) electrons. The number of amides is 1. The summed E-state index contributed by atoms with van der Waals surface area (Å²) in [7, 11) is 0. The van der Waals surface area contributed by atoms with Gasteiger partial charge in [0.2, 0.25) is 5.91 Å². The Kier molecular flexibility index (Phi) is 4.95. The summed E-state index contributed by atoms with van der Waals surface area (Å²) in [5.41, 5.74) is 1.91. The minimum absolute atomic E-state index is 0.00240. The van der Waals surface area contributed by atoms with Crippen molar-refractivity contribution in [3.8, 4) is 0 Å². The third-order valence-electron chi connectivity index (χ3n) is 6.94. The predicted molar refractivity (Wildman–Crippen MR) is 121 cm³/mol. The maximum Gasteiger partial charge on any atom is 0.274 e. The average Bonchev–Trinajstić information content (AvgIpc) is 3.08. The minimum Gasteiger partial charge on any atom is -0.335 e. The van der Waals surface area contributed by atoms with Gasteiger partial charge in [0.25, 0.3) is 11.1 Å². The first-order valence-electron chi connectivity index (χ1n) is 11.3. The van der Waals surface area contributed by atoms with Crippen LogP contribution < -0.4 is 11.1 Å². The van der Waals surface area contributed by atoms with Crippen LogP contribution in [0.25, 0.3) is 10.8 Å². The molecule has 5 rings (SSSR count). The highest BCUT2D eigenvalue weighted by Gasteiger charge is 2.42. The zero-order chi connectivity index (χ0) is 22.6. The van der Waals surface area contributed by atoms with Gasteiger partial charge >= 0.3 is 0 Å². The van der Waals surface area contributed by atoms with E-state index in [-0.39, 0.29) is 29.1 Å². The van der Waals surface area contributed by atoms with E-state index in [1.807, 2.05) is 36.9 Å². The van der Waals surface area contributed by atoms with Gasteiger partial charge in [-0.15, -0.1) is 0 Å². The van der Waals surface area contributed by atoms with Crippen molar-refractivity contribution in [2.45, 2.75) is 71.0 Å². The molecule has 166 valence electrons. The molecular formula is C24H27N5O3. The number of rotatable bonds is 3. The van der Waals surface area contributed by atoms with E-state index < -0.39 is 5.92 Å². The number of aromatic nitrogens is 4. The molecule has 2 aliphatic rings. The summed E-state index contributed by atoms with van der Waals surface area (Å²) in [6.45, 7) is 5.97. The van der Waals surface area contributed by atoms with Gasteiger partial charge in [-0.1, -0.05) is 18.2 Å². The number of nitrogens with one attached hydrogen (secondary N) is 1. The Labute approximate surface area is 185 Å². The molecular weight excluding hydrogens is 406 g/mol. The fourth-order valence-electron chi connectivity index (χ4n) is 5.36. The normalized spacial score (nSPS) is 20.8. The number of aromatic amines is 1. The van der Waals surface area contributed by atoms with Crippen LogP contribution in [0.1, 0.15) is 55.4 Å². The summed E-state index contributed by atoms with van der Waals surface area (Å²) in [6.07, 6.45) is 2.89. The molecule has 1 aromatic carbocycles. The molecule has 1 N–H and O–H groups in total. The van der Waals surface area contributed by atoms with E-state index in [0.29, 0.717) is 41.9 Å². The van der Waals surface area contributed by atoms with E-state index in [1.165, 1.54) is 4.68 Å². The molecule has 1 fully saturated rings. The summed E-state index contributed by atoms with van der Waals surface area (Å²) in [4.78, 5) is 48.5. The molecule has 8 heteroatoms. The van der Waals surface area contributed by atoms with Crippen molar-refractivity contribution in [2.75, 3.05) is 0 Å². The molecule has 3 aromatic rings. The Morgan fingerprint density at radius 1 is 1.16 bits per heavy atom. The lowest BCUT2D eigenvalue weighted by atomic mass is 9.98. The second-order valence-electron chi connectivity index (χ2n) is 8.89. The number of benzene rings is 1. The molecule has 2 aliphatic heterocycles. The van der Waals surface area contributed by atoms with Crippen LogP contribution >= 0.6 is 0 Å². The Morgan fingerprint density at radius 2 is 1.84 bits per heavy atom. The van der Waals surface area contributed by atoms with Crippen LogP contribution in [0.3, 0.4) is 0 Å². The number of nitrogens with zero attached hydrogens (tertiary/aromatic N) is 4. The van der Waals surface area contributed by atoms with E-state index in [2.05, 4.69) is 15.1 Å². The van der Waals surface area contributed by atoms with E-state index in [1.54, 1.807) is 13.0 Å². The number of carbonyl (C=O) groups excluding carboxylic acids is 1. The van der Waals surface area contributed by atoms with Crippen LogP contribution in [0.4, 0.5) is 0 Å². The fourth-order valence-corrected chi connectivity index (χ4v) is 5.36. The van der Waals surface area contributed by atoms with Crippen molar-refractivity contribution in [2.24, 2.45) is 0 Å². The van der Waals surface area contributed by atoms with Crippen molar-refractivity contribution in [3.05, 3.63) is 67.7 Å². The topological polar surface area (TPSA) is 101 Å². The maximum absolute atomic E-state index is 13.8. The van der Waals surface area contributed by atoms with E-state index in [9.17, 15) is 14.4 Å². The fraction of sp³-hybridized carbons (Fsp3) is 0.458. The molecule has 0 aliphatic carbocycles. The highest BCUT2D eigenvalue weighted by atomic mass is 16.2. The first-order valence-corrected chi connectivity index (χ1v) is 11.3. The van der Waals surface area contributed by atoms with E-state index in [4.69, 9.17) is 0 Å². The summed E-state index contributed by atoms with van der Waals surface area (Å²) < 4.78 is 1.43. The van der Waals surface area contributed by atoms with Gasteiger partial charge in [-0.2, -0.15) is 5.10 Å². The minimum atomic E-state index is -0.504. The number of carbonyl (C=O) groups is 1. The molecule has 32 heavy (non-hydrogen) atoms. The molecule has 0 spiro atoms. The molecule has 3 atom stereocenters. The molecule has 1 amide bonds. The van der Waals surface area contributed by atoms with Gasteiger partial charge in [0.1, 0.15) is 5.82 Å². The summed E-state index contributed by atoms with van der Waals surface area (Å²) in [5.74, 6) is 0.100.